The SMILES string of the molecule is CCNC(=O)C(=O)N1CCCCC1. The summed E-state index contributed by atoms with van der Waals surface area (Å²) in [5, 5.41) is 2.51. The molecule has 0 aliphatic carbocycles. The molecule has 1 heterocycles. The number of carbonyl (C=O) groups is 2. The maximum absolute atomic E-state index is 11.4. The highest BCUT2D eigenvalue weighted by Gasteiger charge is 2.22. The van der Waals surface area contributed by atoms with Gasteiger partial charge >= 0.3 is 11.8 Å². The van der Waals surface area contributed by atoms with Crippen LogP contribution in [0, 0.1) is 0 Å². The zero-order valence-electron chi connectivity index (χ0n) is 8.01. The third kappa shape index (κ3) is 2.72. The van der Waals surface area contributed by atoms with E-state index in [1.807, 2.05) is 0 Å². The number of piperidine rings is 1. The van der Waals surface area contributed by atoms with Crippen LogP contribution in [0.5, 0.6) is 0 Å². The average molecular weight is 184 g/mol. The summed E-state index contributed by atoms with van der Waals surface area (Å²) in [6.45, 7) is 3.78. The van der Waals surface area contributed by atoms with Gasteiger partial charge in [-0.2, -0.15) is 0 Å². The van der Waals surface area contributed by atoms with E-state index >= 15 is 0 Å². The summed E-state index contributed by atoms with van der Waals surface area (Å²) in [5.74, 6) is -0.842. The lowest BCUT2D eigenvalue weighted by atomic mass is 10.1. The van der Waals surface area contributed by atoms with Gasteiger partial charge in [0.2, 0.25) is 0 Å². The van der Waals surface area contributed by atoms with E-state index in [2.05, 4.69) is 5.32 Å². The van der Waals surface area contributed by atoms with Gasteiger partial charge in [0.05, 0.1) is 0 Å². The minimum absolute atomic E-state index is 0.374. The second-order valence-electron chi connectivity index (χ2n) is 3.21. The van der Waals surface area contributed by atoms with Gasteiger partial charge in [-0.1, -0.05) is 0 Å². The Morgan fingerprint density at radius 2 is 1.85 bits per heavy atom. The number of nitrogens with zero attached hydrogens (tertiary/aromatic N) is 1. The summed E-state index contributed by atoms with van der Waals surface area (Å²) in [6, 6.07) is 0. The van der Waals surface area contributed by atoms with Crippen molar-refractivity contribution in [2.75, 3.05) is 19.6 Å². The molecule has 0 aromatic heterocycles. The smallest absolute Gasteiger partial charge is 0.311 e. The molecule has 4 nitrogen and oxygen atoms in total. The van der Waals surface area contributed by atoms with Gasteiger partial charge in [0.15, 0.2) is 0 Å². The lowest BCUT2D eigenvalue weighted by molar-refractivity contribution is -0.146. The van der Waals surface area contributed by atoms with E-state index in [0.29, 0.717) is 6.54 Å². The van der Waals surface area contributed by atoms with Crippen LogP contribution in [-0.2, 0) is 9.59 Å². The lowest BCUT2D eigenvalue weighted by Crippen LogP contribution is -2.45. The molecule has 1 aliphatic heterocycles. The van der Waals surface area contributed by atoms with Crippen LogP contribution in [0.15, 0.2) is 0 Å². The Morgan fingerprint density at radius 3 is 2.38 bits per heavy atom. The molecule has 13 heavy (non-hydrogen) atoms. The van der Waals surface area contributed by atoms with Crippen molar-refractivity contribution in [3.05, 3.63) is 0 Å². The van der Waals surface area contributed by atoms with Crippen molar-refractivity contribution < 1.29 is 9.59 Å². The molecule has 0 atom stereocenters. The van der Waals surface area contributed by atoms with Crippen LogP contribution < -0.4 is 5.32 Å². The number of likely N-dealkylation sites (N-methyl/N-ethyl adjacent to an activating group) is 1. The molecular weight excluding hydrogens is 168 g/mol. The number of rotatable bonds is 1. The van der Waals surface area contributed by atoms with Crippen LogP contribution in [0.1, 0.15) is 26.2 Å². The van der Waals surface area contributed by atoms with Gasteiger partial charge in [0.25, 0.3) is 0 Å². The van der Waals surface area contributed by atoms with Gasteiger partial charge in [-0.05, 0) is 26.2 Å². The van der Waals surface area contributed by atoms with E-state index in [0.717, 1.165) is 25.9 Å². The number of carbonyl (C=O) groups excluding carboxylic acids is 2. The Hall–Kier alpha value is -1.06. The number of hydrogen-bond acceptors (Lipinski definition) is 2. The van der Waals surface area contributed by atoms with Gasteiger partial charge in [0, 0.05) is 19.6 Å². The van der Waals surface area contributed by atoms with E-state index in [-0.39, 0.29) is 5.91 Å². The van der Waals surface area contributed by atoms with Gasteiger partial charge in [-0.25, -0.2) is 0 Å². The summed E-state index contributed by atoms with van der Waals surface area (Å²) < 4.78 is 0. The summed E-state index contributed by atoms with van der Waals surface area (Å²) in [5.41, 5.74) is 0. The van der Waals surface area contributed by atoms with Crippen molar-refractivity contribution in [3.8, 4) is 0 Å². The number of nitrogens with one attached hydrogen (secondary N) is 1. The fraction of sp³-hybridized carbons (Fsp3) is 0.778. The summed E-state index contributed by atoms with van der Waals surface area (Å²) in [4.78, 5) is 24.2. The second kappa shape index (κ2) is 4.84. The third-order valence-corrected chi connectivity index (χ3v) is 2.17. The summed E-state index contributed by atoms with van der Waals surface area (Å²) in [6.07, 6.45) is 3.20. The van der Waals surface area contributed by atoms with E-state index in [1.165, 1.54) is 6.42 Å². The molecule has 2 amide bonds. The first-order valence-electron chi connectivity index (χ1n) is 4.82. The van der Waals surface area contributed by atoms with Crippen molar-refractivity contribution in [2.45, 2.75) is 26.2 Å². The molecule has 4 heteroatoms. The van der Waals surface area contributed by atoms with Crippen LogP contribution in [0.2, 0.25) is 0 Å². The third-order valence-electron chi connectivity index (χ3n) is 2.17. The molecule has 0 aromatic carbocycles. The van der Waals surface area contributed by atoms with Gasteiger partial charge < -0.3 is 10.2 Å². The van der Waals surface area contributed by atoms with Gasteiger partial charge in [-0.15, -0.1) is 0 Å². The highest BCUT2D eigenvalue weighted by Crippen LogP contribution is 2.08. The van der Waals surface area contributed by atoms with Crippen molar-refractivity contribution in [2.24, 2.45) is 0 Å². The quantitative estimate of drug-likeness (QED) is 0.589. The molecule has 0 bridgehead atoms. The molecule has 0 radical (unpaired) electrons. The number of likely N-dealkylation sites (tertiary alicyclic amines) is 1. The first kappa shape index (κ1) is 10.0. The number of amides is 2. The molecule has 0 spiro atoms. The van der Waals surface area contributed by atoms with Gasteiger partial charge in [-0.3, -0.25) is 9.59 Å². The van der Waals surface area contributed by atoms with Crippen molar-refractivity contribution in [3.63, 3.8) is 0 Å². The van der Waals surface area contributed by atoms with E-state index in [1.54, 1.807) is 11.8 Å². The van der Waals surface area contributed by atoms with E-state index in [4.69, 9.17) is 0 Å². The Balaban J connectivity index is 2.40. The number of hydrogen-bond donors (Lipinski definition) is 1. The molecule has 0 aromatic rings. The highest BCUT2D eigenvalue weighted by molar-refractivity contribution is 6.34. The van der Waals surface area contributed by atoms with Crippen LogP contribution in [-0.4, -0.2) is 36.3 Å². The summed E-state index contributed by atoms with van der Waals surface area (Å²) >= 11 is 0. The Morgan fingerprint density at radius 1 is 1.23 bits per heavy atom. The molecule has 1 saturated heterocycles. The molecule has 1 rings (SSSR count). The van der Waals surface area contributed by atoms with Crippen molar-refractivity contribution >= 4 is 11.8 Å². The largest absolute Gasteiger partial charge is 0.348 e. The van der Waals surface area contributed by atoms with E-state index < -0.39 is 5.91 Å². The maximum Gasteiger partial charge on any atom is 0.311 e. The second-order valence-corrected chi connectivity index (χ2v) is 3.21. The standard InChI is InChI=1S/C9H16N2O2/c1-2-10-8(12)9(13)11-6-4-3-5-7-11/h2-7H2,1H3,(H,10,12). The maximum atomic E-state index is 11.4. The fourth-order valence-corrected chi connectivity index (χ4v) is 1.48. The normalized spacial score (nSPS) is 16.8. The van der Waals surface area contributed by atoms with Crippen LogP contribution >= 0.6 is 0 Å². The van der Waals surface area contributed by atoms with Crippen LogP contribution in [0.3, 0.4) is 0 Å². The van der Waals surface area contributed by atoms with Crippen LogP contribution in [0.4, 0.5) is 0 Å². The minimum Gasteiger partial charge on any atom is -0.348 e. The first-order chi connectivity index (χ1) is 6.25. The first-order valence-corrected chi connectivity index (χ1v) is 4.82. The molecular formula is C9H16N2O2. The van der Waals surface area contributed by atoms with E-state index in [9.17, 15) is 9.59 Å². The molecule has 0 unspecified atom stereocenters. The Kier molecular flexibility index (Phi) is 3.73. The zero-order chi connectivity index (χ0) is 9.68. The van der Waals surface area contributed by atoms with Crippen molar-refractivity contribution in [1.29, 1.82) is 0 Å². The minimum atomic E-state index is -0.468. The van der Waals surface area contributed by atoms with Crippen LogP contribution in [0.25, 0.3) is 0 Å². The molecule has 0 saturated carbocycles. The molecule has 1 fully saturated rings. The lowest BCUT2D eigenvalue weighted by Gasteiger charge is -2.25. The zero-order valence-corrected chi connectivity index (χ0v) is 8.01. The summed E-state index contributed by atoms with van der Waals surface area (Å²) in [7, 11) is 0. The molecule has 1 N–H and O–H groups in total. The predicted molar refractivity (Wildman–Crippen MR) is 49.1 cm³/mol. The Labute approximate surface area is 78.3 Å². The Bertz CT molecular complexity index is 198. The highest BCUT2D eigenvalue weighted by atomic mass is 16.2. The average Bonchev–Trinajstić information content (AvgIpc) is 2.18. The monoisotopic (exact) mass is 184 g/mol. The van der Waals surface area contributed by atoms with Gasteiger partial charge in [0.1, 0.15) is 0 Å². The fourth-order valence-electron chi connectivity index (χ4n) is 1.48. The molecule has 74 valence electrons. The molecule has 1 aliphatic rings. The topological polar surface area (TPSA) is 49.4 Å². The van der Waals surface area contributed by atoms with Crippen molar-refractivity contribution in [1.82, 2.24) is 10.2 Å². The predicted octanol–water partition coefficient (Wildman–Crippen LogP) is 0.135.